The van der Waals surface area contributed by atoms with Crippen LogP contribution >= 0.6 is 27.5 Å². The van der Waals surface area contributed by atoms with Gasteiger partial charge in [-0.2, -0.15) is 5.26 Å². The first-order valence-electron chi connectivity index (χ1n) is 3.19. The van der Waals surface area contributed by atoms with Gasteiger partial charge in [-0.25, -0.2) is 0 Å². The first-order valence-corrected chi connectivity index (χ1v) is 4.36. The number of phenols is 1. The van der Waals surface area contributed by atoms with E-state index in [1.54, 1.807) is 6.07 Å². The van der Waals surface area contributed by atoms with Gasteiger partial charge in [0, 0.05) is 15.1 Å². The summed E-state index contributed by atoms with van der Waals surface area (Å²) in [5, 5.41) is 18.2. The normalized spacial score (nSPS) is 9.42. The summed E-state index contributed by atoms with van der Waals surface area (Å²) in [6, 6.07) is 5.01. The van der Waals surface area contributed by atoms with Gasteiger partial charge in [0.15, 0.2) is 0 Å². The molecule has 0 unspecified atom stereocenters. The van der Waals surface area contributed by atoms with Gasteiger partial charge < -0.3 is 5.11 Å². The lowest BCUT2D eigenvalue weighted by molar-refractivity contribution is 0.469. The number of phenolic OH excluding ortho intramolecular Hbond substituents is 1. The van der Waals surface area contributed by atoms with E-state index in [0.29, 0.717) is 15.1 Å². The van der Waals surface area contributed by atoms with Gasteiger partial charge in [0.2, 0.25) is 0 Å². The predicted octanol–water partition coefficient (Wildman–Crippen LogP) is 2.87. The zero-order valence-corrected chi connectivity index (χ0v) is 8.35. The highest BCUT2D eigenvalue weighted by atomic mass is 79.9. The van der Waals surface area contributed by atoms with Crippen LogP contribution in [-0.2, 0) is 6.42 Å². The molecule has 0 aliphatic heterocycles. The Hall–Kier alpha value is -0.720. The van der Waals surface area contributed by atoms with Crippen LogP contribution in [0.5, 0.6) is 5.75 Å². The number of nitrogens with zero attached hydrogens (tertiary/aromatic N) is 1. The number of halogens is 2. The van der Waals surface area contributed by atoms with Crippen LogP contribution in [0.3, 0.4) is 0 Å². The second kappa shape index (κ2) is 3.79. The number of benzene rings is 1. The Bertz CT molecular complexity index is 322. The molecule has 0 bridgehead atoms. The van der Waals surface area contributed by atoms with Gasteiger partial charge >= 0.3 is 0 Å². The summed E-state index contributed by atoms with van der Waals surface area (Å²) < 4.78 is 0.661. The van der Waals surface area contributed by atoms with Crippen LogP contribution in [0.25, 0.3) is 0 Å². The second-order valence-corrected chi connectivity index (χ2v) is 3.51. The van der Waals surface area contributed by atoms with E-state index in [-0.39, 0.29) is 12.2 Å². The van der Waals surface area contributed by atoms with Gasteiger partial charge in [-0.3, -0.25) is 0 Å². The van der Waals surface area contributed by atoms with Crippen LogP contribution in [0.1, 0.15) is 5.56 Å². The summed E-state index contributed by atoms with van der Waals surface area (Å²) in [4.78, 5) is 0. The molecular formula is C8H5BrClNO. The number of rotatable bonds is 1. The third kappa shape index (κ3) is 1.90. The Morgan fingerprint density at radius 1 is 1.58 bits per heavy atom. The minimum atomic E-state index is 0.0518. The van der Waals surface area contributed by atoms with Gasteiger partial charge in [0.05, 0.1) is 12.5 Å². The van der Waals surface area contributed by atoms with Crippen LogP contribution in [0.2, 0.25) is 5.02 Å². The van der Waals surface area contributed by atoms with Crippen molar-refractivity contribution in [1.82, 2.24) is 0 Å². The Morgan fingerprint density at radius 3 is 2.75 bits per heavy atom. The summed E-state index contributed by atoms with van der Waals surface area (Å²) in [7, 11) is 0. The third-order valence-electron chi connectivity index (χ3n) is 1.39. The van der Waals surface area contributed by atoms with Gasteiger partial charge in [-0.05, 0) is 12.1 Å². The summed E-state index contributed by atoms with van der Waals surface area (Å²) in [5.41, 5.74) is 0.571. The Labute approximate surface area is 83.5 Å². The summed E-state index contributed by atoms with van der Waals surface area (Å²) in [5.74, 6) is 0.0518. The maximum absolute atomic E-state index is 9.34. The summed E-state index contributed by atoms with van der Waals surface area (Å²) >= 11 is 8.85. The second-order valence-electron chi connectivity index (χ2n) is 2.22. The molecule has 12 heavy (non-hydrogen) atoms. The molecule has 1 aromatic rings. The molecule has 4 heteroatoms. The highest BCUT2D eigenvalue weighted by molar-refractivity contribution is 9.10. The molecule has 0 aromatic heterocycles. The summed E-state index contributed by atoms with van der Waals surface area (Å²) in [6.45, 7) is 0. The van der Waals surface area contributed by atoms with Crippen molar-refractivity contribution in [2.45, 2.75) is 6.42 Å². The average molecular weight is 246 g/mol. The average Bonchev–Trinajstić information content (AvgIpc) is 1.96. The molecule has 1 N–H and O–H groups in total. The molecule has 0 aliphatic carbocycles. The maximum Gasteiger partial charge on any atom is 0.122 e. The monoisotopic (exact) mass is 245 g/mol. The minimum absolute atomic E-state index is 0.0518. The molecule has 1 aromatic carbocycles. The van der Waals surface area contributed by atoms with E-state index in [0.717, 1.165) is 0 Å². The lowest BCUT2D eigenvalue weighted by atomic mass is 10.1. The van der Waals surface area contributed by atoms with Crippen LogP contribution in [0, 0.1) is 11.3 Å². The fourth-order valence-corrected chi connectivity index (χ4v) is 1.78. The van der Waals surface area contributed by atoms with Crippen LogP contribution in [0.15, 0.2) is 16.6 Å². The smallest absolute Gasteiger partial charge is 0.122 e. The van der Waals surface area contributed by atoms with E-state index in [4.69, 9.17) is 16.9 Å². The lowest BCUT2D eigenvalue weighted by Gasteiger charge is -2.03. The van der Waals surface area contributed by atoms with E-state index >= 15 is 0 Å². The third-order valence-corrected chi connectivity index (χ3v) is 2.32. The van der Waals surface area contributed by atoms with Crippen molar-refractivity contribution in [3.05, 3.63) is 27.2 Å². The molecule has 0 saturated heterocycles. The largest absolute Gasteiger partial charge is 0.508 e. The molecule has 0 atom stereocenters. The van der Waals surface area contributed by atoms with Gasteiger partial charge in [-0.1, -0.05) is 27.5 Å². The number of hydrogen-bond donors (Lipinski definition) is 1. The van der Waals surface area contributed by atoms with E-state index in [1.165, 1.54) is 6.07 Å². The van der Waals surface area contributed by atoms with Crippen LogP contribution in [0.4, 0.5) is 0 Å². The fraction of sp³-hybridized carbons (Fsp3) is 0.125. The number of aromatic hydroxyl groups is 1. The molecule has 0 radical (unpaired) electrons. The Balaban J connectivity index is 3.21. The summed E-state index contributed by atoms with van der Waals surface area (Å²) in [6.07, 6.45) is 0.170. The predicted molar refractivity (Wildman–Crippen MR) is 50.1 cm³/mol. The van der Waals surface area contributed by atoms with Crippen LogP contribution < -0.4 is 0 Å². The van der Waals surface area contributed by atoms with Gasteiger partial charge in [0.25, 0.3) is 0 Å². The molecular weight excluding hydrogens is 241 g/mol. The molecule has 0 saturated carbocycles. The van der Waals surface area contributed by atoms with E-state index in [9.17, 15) is 5.11 Å². The van der Waals surface area contributed by atoms with E-state index in [1.807, 2.05) is 6.07 Å². The van der Waals surface area contributed by atoms with Gasteiger partial charge in [-0.15, -0.1) is 0 Å². The molecule has 62 valence electrons. The van der Waals surface area contributed by atoms with E-state index < -0.39 is 0 Å². The topological polar surface area (TPSA) is 44.0 Å². The molecule has 0 spiro atoms. The van der Waals surface area contributed by atoms with Crippen LogP contribution in [-0.4, -0.2) is 5.11 Å². The molecule has 0 heterocycles. The maximum atomic E-state index is 9.34. The first kappa shape index (κ1) is 9.37. The van der Waals surface area contributed by atoms with Gasteiger partial charge in [0.1, 0.15) is 5.75 Å². The lowest BCUT2D eigenvalue weighted by Crippen LogP contribution is -1.85. The molecule has 0 fully saturated rings. The highest BCUT2D eigenvalue weighted by Crippen LogP contribution is 2.30. The number of nitriles is 1. The highest BCUT2D eigenvalue weighted by Gasteiger charge is 2.06. The zero-order chi connectivity index (χ0) is 9.14. The number of hydrogen-bond acceptors (Lipinski definition) is 2. The Morgan fingerprint density at radius 2 is 2.25 bits per heavy atom. The SMILES string of the molecule is N#CCc1c(O)cc(Cl)cc1Br. The van der Waals surface area contributed by atoms with Crippen molar-refractivity contribution in [3.63, 3.8) is 0 Å². The molecule has 0 aliphatic rings. The molecule has 0 amide bonds. The van der Waals surface area contributed by atoms with Crippen molar-refractivity contribution < 1.29 is 5.11 Å². The Kier molecular flexibility index (Phi) is 2.96. The van der Waals surface area contributed by atoms with Crippen molar-refractivity contribution in [3.8, 4) is 11.8 Å². The quantitative estimate of drug-likeness (QED) is 0.828. The fourth-order valence-electron chi connectivity index (χ4n) is 0.844. The van der Waals surface area contributed by atoms with E-state index in [2.05, 4.69) is 15.9 Å². The van der Waals surface area contributed by atoms with Crippen molar-refractivity contribution >= 4 is 27.5 Å². The van der Waals surface area contributed by atoms with Crippen molar-refractivity contribution in [2.24, 2.45) is 0 Å². The molecule has 2 nitrogen and oxygen atoms in total. The van der Waals surface area contributed by atoms with Crippen molar-refractivity contribution in [1.29, 1.82) is 5.26 Å². The first-order chi connectivity index (χ1) is 5.65. The molecule has 1 rings (SSSR count). The standard InChI is InChI=1S/C8H5BrClNO/c9-7-3-5(10)4-8(12)6(7)1-2-11/h3-4,12H,1H2. The minimum Gasteiger partial charge on any atom is -0.508 e. The van der Waals surface area contributed by atoms with Crippen molar-refractivity contribution in [2.75, 3.05) is 0 Å². The zero-order valence-electron chi connectivity index (χ0n) is 6.01.